The Bertz CT molecular complexity index is 897. The molecule has 4 rings (SSSR count). The summed E-state index contributed by atoms with van der Waals surface area (Å²) < 4.78 is 22.0. The predicted molar refractivity (Wildman–Crippen MR) is 112 cm³/mol. The molecular formula is C23H30N2O5. The highest BCUT2D eigenvalue weighted by atomic mass is 16.5. The third-order valence-electron chi connectivity index (χ3n) is 6.32. The van der Waals surface area contributed by atoms with Gasteiger partial charge >= 0.3 is 0 Å². The SMILES string of the molecule is COc1cc(C(=O)N2CCC[C@H](c3onc4c3C[C@@H](C)CC4)C2)cc(OC)c1OC. The average molecular weight is 415 g/mol. The van der Waals surface area contributed by atoms with Crippen molar-refractivity contribution in [3.8, 4) is 17.2 Å². The van der Waals surface area contributed by atoms with E-state index in [0.717, 1.165) is 50.1 Å². The number of fused-ring (bicyclic) bond motifs is 1. The molecule has 7 heteroatoms. The van der Waals surface area contributed by atoms with Gasteiger partial charge in [-0.3, -0.25) is 4.79 Å². The Labute approximate surface area is 177 Å². The third-order valence-corrected chi connectivity index (χ3v) is 6.32. The molecule has 2 heterocycles. The number of nitrogens with zero attached hydrogens (tertiary/aromatic N) is 2. The summed E-state index contributed by atoms with van der Waals surface area (Å²) in [5, 5.41) is 4.33. The second-order valence-corrected chi connectivity index (χ2v) is 8.32. The van der Waals surface area contributed by atoms with Crippen LogP contribution in [0.4, 0.5) is 0 Å². The van der Waals surface area contributed by atoms with Gasteiger partial charge < -0.3 is 23.6 Å². The van der Waals surface area contributed by atoms with Gasteiger partial charge in [0.25, 0.3) is 5.91 Å². The van der Waals surface area contributed by atoms with Crippen LogP contribution in [0.1, 0.15) is 59.5 Å². The van der Waals surface area contributed by atoms with Crippen molar-refractivity contribution in [2.24, 2.45) is 5.92 Å². The van der Waals surface area contributed by atoms with E-state index in [-0.39, 0.29) is 11.8 Å². The molecule has 2 atom stereocenters. The van der Waals surface area contributed by atoms with Gasteiger partial charge in [-0.25, -0.2) is 0 Å². The van der Waals surface area contributed by atoms with E-state index in [0.29, 0.717) is 35.3 Å². The van der Waals surface area contributed by atoms with Gasteiger partial charge in [0.1, 0.15) is 5.76 Å². The van der Waals surface area contributed by atoms with Crippen LogP contribution in [0.5, 0.6) is 17.2 Å². The molecule has 30 heavy (non-hydrogen) atoms. The highest BCUT2D eigenvalue weighted by molar-refractivity contribution is 5.95. The lowest BCUT2D eigenvalue weighted by Crippen LogP contribution is -2.39. The average Bonchev–Trinajstić information content (AvgIpc) is 3.20. The van der Waals surface area contributed by atoms with Gasteiger partial charge in [0.15, 0.2) is 11.5 Å². The number of amides is 1. The molecule has 1 saturated heterocycles. The van der Waals surface area contributed by atoms with Crippen molar-refractivity contribution in [2.45, 2.75) is 44.9 Å². The summed E-state index contributed by atoms with van der Waals surface area (Å²) in [4.78, 5) is 15.2. The van der Waals surface area contributed by atoms with Crippen LogP contribution in [-0.4, -0.2) is 50.4 Å². The maximum Gasteiger partial charge on any atom is 0.254 e. The van der Waals surface area contributed by atoms with Crippen LogP contribution in [0.15, 0.2) is 16.7 Å². The molecule has 1 aromatic carbocycles. The third kappa shape index (κ3) is 3.73. The lowest BCUT2D eigenvalue weighted by Gasteiger charge is -2.32. The first-order valence-corrected chi connectivity index (χ1v) is 10.6. The number of aryl methyl sites for hydroxylation is 1. The molecule has 1 fully saturated rings. The number of piperidine rings is 1. The number of ether oxygens (including phenoxy) is 3. The summed E-state index contributed by atoms with van der Waals surface area (Å²) >= 11 is 0. The lowest BCUT2D eigenvalue weighted by atomic mass is 9.84. The zero-order chi connectivity index (χ0) is 21.3. The molecule has 1 aliphatic carbocycles. The molecule has 0 spiro atoms. The number of aromatic nitrogens is 1. The molecular weight excluding hydrogens is 384 g/mol. The number of likely N-dealkylation sites (tertiary alicyclic amines) is 1. The minimum absolute atomic E-state index is 0.0410. The number of carbonyl (C=O) groups excluding carboxylic acids is 1. The monoisotopic (exact) mass is 414 g/mol. The van der Waals surface area contributed by atoms with Gasteiger partial charge in [0.05, 0.1) is 27.0 Å². The molecule has 0 N–H and O–H groups in total. The molecule has 0 unspecified atom stereocenters. The quantitative estimate of drug-likeness (QED) is 0.740. The van der Waals surface area contributed by atoms with E-state index in [1.807, 2.05) is 4.90 Å². The van der Waals surface area contributed by atoms with Crippen molar-refractivity contribution < 1.29 is 23.5 Å². The van der Waals surface area contributed by atoms with Gasteiger partial charge in [-0.2, -0.15) is 0 Å². The minimum atomic E-state index is -0.0410. The van der Waals surface area contributed by atoms with E-state index in [9.17, 15) is 4.79 Å². The van der Waals surface area contributed by atoms with Gasteiger partial charge in [-0.1, -0.05) is 12.1 Å². The van der Waals surface area contributed by atoms with Crippen molar-refractivity contribution in [1.82, 2.24) is 10.1 Å². The molecule has 1 aliphatic heterocycles. The molecule has 0 radical (unpaired) electrons. The van der Waals surface area contributed by atoms with E-state index in [2.05, 4.69) is 12.1 Å². The molecule has 1 aromatic heterocycles. The van der Waals surface area contributed by atoms with Crippen LogP contribution in [0.2, 0.25) is 0 Å². The van der Waals surface area contributed by atoms with Crippen molar-refractivity contribution in [1.29, 1.82) is 0 Å². The number of hydrogen-bond acceptors (Lipinski definition) is 6. The highest BCUT2D eigenvalue weighted by Crippen LogP contribution is 2.39. The van der Waals surface area contributed by atoms with Crippen LogP contribution < -0.4 is 14.2 Å². The maximum atomic E-state index is 13.3. The summed E-state index contributed by atoms with van der Waals surface area (Å²) in [5.74, 6) is 3.22. The topological polar surface area (TPSA) is 74.0 Å². The highest BCUT2D eigenvalue weighted by Gasteiger charge is 2.33. The van der Waals surface area contributed by atoms with Crippen molar-refractivity contribution >= 4 is 5.91 Å². The van der Waals surface area contributed by atoms with Crippen molar-refractivity contribution in [3.05, 3.63) is 34.7 Å². The molecule has 0 bridgehead atoms. The summed E-state index contributed by atoms with van der Waals surface area (Å²) in [6, 6.07) is 3.43. The summed E-state index contributed by atoms with van der Waals surface area (Å²) in [6.07, 6.45) is 5.11. The molecule has 2 aliphatic rings. The van der Waals surface area contributed by atoms with Crippen LogP contribution in [0.25, 0.3) is 0 Å². The van der Waals surface area contributed by atoms with Crippen LogP contribution in [0.3, 0.4) is 0 Å². The van der Waals surface area contributed by atoms with Crippen molar-refractivity contribution in [2.75, 3.05) is 34.4 Å². The smallest absolute Gasteiger partial charge is 0.254 e. The fourth-order valence-corrected chi connectivity index (χ4v) is 4.69. The van der Waals surface area contributed by atoms with Gasteiger partial charge in [-0.05, 0) is 50.2 Å². The lowest BCUT2D eigenvalue weighted by molar-refractivity contribution is 0.0696. The number of benzene rings is 1. The first-order valence-electron chi connectivity index (χ1n) is 10.6. The van der Waals surface area contributed by atoms with Gasteiger partial charge in [-0.15, -0.1) is 0 Å². The summed E-state index contributed by atoms with van der Waals surface area (Å²) in [6.45, 7) is 3.63. The van der Waals surface area contributed by atoms with Crippen molar-refractivity contribution in [3.63, 3.8) is 0 Å². The standard InChI is InChI=1S/C23H30N2O5/c1-14-7-8-18-17(10-14)21(30-24-18)15-6-5-9-25(13-15)23(26)16-11-19(27-2)22(29-4)20(12-16)28-3/h11-12,14-15H,5-10,13H2,1-4H3/t14-,15-/m0/s1. The molecule has 0 saturated carbocycles. The number of carbonyl (C=O) groups is 1. The number of rotatable bonds is 5. The molecule has 1 amide bonds. The number of hydrogen-bond donors (Lipinski definition) is 0. The molecule has 7 nitrogen and oxygen atoms in total. The summed E-state index contributed by atoms with van der Waals surface area (Å²) in [7, 11) is 4.66. The fourth-order valence-electron chi connectivity index (χ4n) is 4.69. The Hall–Kier alpha value is -2.70. The Morgan fingerprint density at radius 2 is 1.87 bits per heavy atom. The Kier molecular flexibility index (Phi) is 5.88. The van der Waals surface area contributed by atoms with E-state index in [1.54, 1.807) is 33.5 Å². The van der Waals surface area contributed by atoms with E-state index >= 15 is 0 Å². The number of methoxy groups -OCH3 is 3. The Balaban J connectivity index is 1.57. The van der Waals surface area contributed by atoms with E-state index < -0.39 is 0 Å². The normalized spacial score (nSPS) is 21.1. The second-order valence-electron chi connectivity index (χ2n) is 8.32. The first-order chi connectivity index (χ1) is 14.5. The van der Waals surface area contributed by atoms with Gasteiger partial charge in [0, 0.05) is 30.1 Å². The van der Waals surface area contributed by atoms with Crippen LogP contribution in [-0.2, 0) is 12.8 Å². The van der Waals surface area contributed by atoms with Gasteiger partial charge in [0.2, 0.25) is 5.75 Å². The Morgan fingerprint density at radius 1 is 1.13 bits per heavy atom. The zero-order valence-corrected chi connectivity index (χ0v) is 18.2. The minimum Gasteiger partial charge on any atom is -0.493 e. The second kappa shape index (κ2) is 8.58. The fraction of sp³-hybridized carbons (Fsp3) is 0.565. The van der Waals surface area contributed by atoms with E-state index in [1.165, 1.54) is 5.56 Å². The van der Waals surface area contributed by atoms with Crippen LogP contribution in [0, 0.1) is 5.92 Å². The van der Waals surface area contributed by atoms with E-state index in [4.69, 9.17) is 18.7 Å². The Morgan fingerprint density at radius 3 is 2.53 bits per heavy atom. The zero-order valence-electron chi connectivity index (χ0n) is 18.2. The largest absolute Gasteiger partial charge is 0.493 e. The molecule has 162 valence electrons. The molecule has 2 aromatic rings. The first kappa shape index (κ1) is 20.6. The summed E-state index contributed by atoms with van der Waals surface area (Å²) in [5.41, 5.74) is 2.91. The predicted octanol–water partition coefficient (Wildman–Crippen LogP) is 3.85. The maximum absolute atomic E-state index is 13.3. The van der Waals surface area contributed by atoms with Crippen LogP contribution >= 0.6 is 0 Å².